The molecule has 0 unspecified atom stereocenters. The summed E-state index contributed by atoms with van der Waals surface area (Å²) in [7, 11) is 1.65. The first kappa shape index (κ1) is 17.6. The molecule has 3 amide bonds. The highest BCUT2D eigenvalue weighted by atomic mass is 16.2. The number of hydrogen-bond acceptors (Lipinski definition) is 4. The molecule has 0 aliphatic carbocycles. The van der Waals surface area contributed by atoms with Crippen molar-refractivity contribution in [3.63, 3.8) is 0 Å². The van der Waals surface area contributed by atoms with E-state index >= 15 is 0 Å². The second-order valence-electron chi connectivity index (χ2n) is 6.30. The second kappa shape index (κ2) is 7.36. The quantitative estimate of drug-likeness (QED) is 0.751. The summed E-state index contributed by atoms with van der Waals surface area (Å²) in [5.74, 6) is -0.728. The molecule has 0 radical (unpaired) electrons. The highest BCUT2D eigenvalue weighted by Crippen LogP contribution is 2.30. The van der Waals surface area contributed by atoms with Crippen LogP contribution in [0.3, 0.4) is 0 Å². The van der Waals surface area contributed by atoms with Crippen molar-refractivity contribution in [3.05, 3.63) is 47.5 Å². The van der Waals surface area contributed by atoms with Gasteiger partial charge in [-0.25, -0.2) is 0 Å². The third-order valence-corrected chi connectivity index (χ3v) is 4.61. The SMILES string of the molecule is CN(CCC#N)C(=O)CCCN1C(=O)c2cccc3cccc(c23)C1=O. The Labute approximate surface area is 151 Å². The van der Waals surface area contributed by atoms with Gasteiger partial charge in [-0.3, -0.25) is 19.3 Å². The molecule has 1 aliphatic rings. The number of nitrogens with zero attached hydrogens (tertiary/aromatic N) is 3. The van der Waals surface area contributed by atoms with Gasteiger partial charge in [0.15, 0.2) is 0 Å². The molecular formula is C20H19N3O3. The van der Waals surface area contributed by atoms with Crippen molar-refractivity contribution in [3.8, 4) is 6.07 Å². The molecule has 0 fully saturated rings. The summed E-state index contributed by atoms with van der Waals surface area (Å²) in [4.78, 5) is 40.2. The number of benzene rings is 2. The Morgan fingerprint density at radius 2 is 1.73 bits per heavy atom. The Bertz CT molecular complexity index is 879. The minimum Gasteiger partial charge on any atom is -0.345 e. The first-order valence-corrected chi connectivity index (χ1v) is 8.53. The van der Waals surface area contributed by atoms with Crippen molar-refractivity contribution in [1.29, 1.82) is 5.26 Å². The number of amides is 3. The fraction of sp³-hybridized carbons (Fsp3) is 0.300. The maximum absolute atomic E-state index is 12.7. The molecule has 2 aromatic carbocycles. The Kier molecular flexibility index (Phi) is 4.99. The number of imide groups is 1. The highest BCUT2D eigenvalue weighted by molar-refractivity contribution is 6.25. The van der Waals surface area contributed by atoms with Crippen molar-refractivity contribution >= 4 is 28.5 Å². The van der Waals surface area contributed by atoms with E-state index in [1.807, 2.05) is 18.2 Å². The lowest BCUT2D eigenvalue weighted by Gasteiger charge is -2.27. The lowest BCUT2D eigenvalue weighted by Crippen LogP contribution is -2.41. The third-order valence-electron chi connectivity index (χ3n) is 4.61. The first-order valence-electron chi connectivity index (χ1n) is 8.53. The van der Waals surface area contributed by atoms with E-state index in [1.165, 1.54) is 9.80 Å². The largest absolute Gasteiger partial charge is 0.345 e. The molecule has 0 aromatic heterocycles. The number of carbonyl (C=O) groups is 3. The summed E-state index contributed by atoms with van der Waals surface area (Å²) in [6.07, 6.45) is 0.905. The molecule has 26 heavy (non-hydrogen) atoms. The Morgan fingerprint density at radius 3 is 2.31 bits per heavy atom. The normalized spacial score (nSPS) is 13.0. The number of carbonyl (C=O) groups excluding carboxylic acids is 3. The number of hydrogen-bond donors (Lipinski definition) is 0. The molecule has 0 saturated heterocycles. The van der Waals surface area contributed by atoms with Crippen LogP contribution in [0, 0.1) is 11.3 Å². The Hall–Kier alpha value is -3.20. The van der Waals surface area contributed by atoms with Gasteiger partial charge in [0.1, 0.15) is 0 Å². The van der Waals surface area contributed by atoms with Crippen LogP contribution in [0.5, 0.6) is 0 Å². The number of nitriles is 1. The van der Waals surface area contributed by atoms with E-state index in [9.17, 15) is 14.4 Å². The predicted octanol–water partition coefficient (Wildman–Crippen LogP) is 2.59. The van der Waals surface area contributed by atoms with Crippen LogP contribution in [0.2, 0.25) is 0 Å². The van der Waals surface area contributed by atoms with Crippen LogP contribution >= 0.6 is 0 Å². The Morgan fingerprint density at radius 1 is 1.12 bits per heavy atom. The molecule has 6 nitrogen and oxygen atoms in total. The minimum atomic E-state index is -0.315. The Balaban J connectivity index is 1.71. The molecule has 0 spiro atoms. The van der Waals surface area contributed by atoms with Gasteiger partial charge in [-0.1, -0.05) is 24.3 Å². The molecule has 6 heteroatoms. The average molecular weight is 349 g/mol. The summed E-state index contributed by atoms with van der Waals surface area (Å²) in [6, 6.07) is 12.8. The molecule has 3 rings (SSSR count). The summed E-state index contributed by atoms with van der Waals surface area (Å²) < 4.78 is 0. The minimum absolute atomic E-state index is 0.0975. The third kappa shape index (κ3) is 3.16. The van der Waals surface area contributed by atoms with Crippen LogP contribution in [0.1, 0.15) is 40.0 Å². The fourth-order valence-electron chi connectivity index (χ4n) is 3.21. The molecule has 1 aliphatic heterocycles. The van der Waals surface area contributed by atoms with E-state index in [-0.39, 0.29) is 37.1 Å². The van der Waals surface area contributed by atoms with E-state index < -0.39 is 0 Å². The molecule has 0 bridgehead atoms. The fourth-order valence-corrected chi connectivity index (χ4v) is 3.21. The van der Waals surface area contributed by atoms with Crippen LogP contribution in [-0.2, 0) is 4.79 Å². The predicted molar refractivity (Wildman–Crippen MR) is 96.4 cm³/mol. The van der Waals surface area contributed by atoms with Gasteiger partial charge in [-0.2, -0.15) is 5.26 Å². The molecule has 1 heterocycles. The molecular weight excluding hydrogens is 330 g/mol. The zero-order chi connectivity index (χ0) is 18.7. The van der Waals surface area contributed by atoms with Crippen LogP contribution in [0.15, 0.2) is 36.4 Å². The van der Waals surface area contributed by atoms with Gasteiger partial charge in [-0.15, -0.1) is 0 Å². The zero-order valence-corrected chi connectivity index (χ0v) is 14.6. The van der Waals surface area contributed by atoms with E-state index in [4.69, 9.17) is 5.26 Å². The van der Waals surface area contributed by atoms with Gasteiger partial charge in [0.25, 0.3) is 11.8 Å². The first-order chi connectivity index (χ1) is 12.5. The van der Waals surface area contributed by atoms with Gasteiger partial charge in [0.2, 0.25) is 5.91 Å². The van der Waals surface area contributed by atoms with Crippen molar-refractivity contribution in [1.82, 2.24) is 9.80 Å². The smallest absolute Gasteiger partial charge is 0.261 e. The lowest BCUT2D eigenvalue weighted by molar-refractivity contribution is -0.130. The van der Waals surface area contributed by atoms with Crippen LogP contribution in [0.4, 0.5) is 0 Å². The van der Waals surface area contributed by atoms with E-state index in [2.05, 4.69) is 0 Å². The van der Waals surface area contributed by atoms with E-state index in [0.717, 1.165) is 5.39 Å². The number of rotatable bonds is 6. The van der Waals surface area contributed by atoms with Gasteiger partial charge >= 0.3 is 0 Å². The van der Waals surface area contributed by atoms with Crippen LogP contribution < -0.4 is 0 Å². The van der Waals surface area contributed by atoms with Crippen molar-refractivity contribution in [2.75, 3.05) is 20.1 Å². The monoisotopic (exact) mass is 349 g/mol. The van der Waals surface area contributed by atoms with Crippen molar-refractivity contribution in [2.24, 2.45) is 0 Å². The molecule has 132 valence electrons. The maximum Gasteiger partial charge on any atom is 0.261 e. The summed E-state index contributed by atoms with van der Waals surface area (Å²) in [5.41, 5.74) is 1.05. The highest BCUT2D eigenvalue weighted by Gasteiger charge is 2.32. The van der Waals surface area contributed by atoms with E-state index in [1.54, 1.807) is 31.3 Å². The van der Waals surface area contributed by atoms with Gasteiger partial charge in [0, 0.05) is 43.1 Å². The standard InChI is InChI=1S/C20H19N3O3/c1-22(12-5-11-21)17(24)10-4-13-23-19(25)15-8-2-6-14-7-3-9-16(18(14)15)20(23)26/h2-3,6-9H,4-5,10,12-13H2,1H3. The van der Waals surface area contributed by atoms with Crippen LogP contribution in [-0.4, -0.2) is 47.7 Å². The summed E-state index contributed by atoms with van der Waals surface area (Å²) >= 11 is 0. The maximum atomic E-state index is 12.7. The van der Waals surface area contributed by atoms with Crippen LogP contribution in [0.25, 0.3) is 10.8 Å². The van der Waals surface area contributed by atoms with Crippen molar-refractivity contribution < 1.29 is 14.4 Å². The van der Waals surface area contributed by atoms with Crippen molar-refractivity contribution in [2.45, 2.75) is 19.3 Å². The molecule has 0 saturated carbocycles. The summed E-state index contributed by atoms with van der Waals surface area (Å²) in [6.45, 7) is 0.576. The van der Waals surface area contributed by atoms with Gasteiger partial charge < -0.3 is 4.90 Å². The summed E-state index contributed by atoms with van der Waals surface area (Å²) in [5, 5.41) is 10.1. The van der Waals surface area contributed by atoms with Gasteiger partial charge in [0.05, 0.1) is 12.5 Å². The second-order valence-corrected chi connectivity index (χ2v) is 6.30. The topological polar surface area (TPSA) is 81.5 Å². The lowest BCUT2D eigenvalue weighted by atomic mass is 9.94. The zero-order valence-electron chi connectivity index (χ0n) is 14.6. The molecule has 2 aromatic rings. The van der Waals surface area contributed by atoms with E-state index in [0.29, 0.717) is 29.5 Å². The molecule has 0 N–H and O–H groups in total. The molecule has 0 atom stereocenters. The van der Waals surface area contributed by atoms with Gasteiger partial charge in [-0.05, 0) is 23.9 Å². The average Bonchev–Trinajstić information content (AvgIpc) is 2.66.